The highest BCUT2D eigenvalue weighted by Gasteiger charge is 2.36. The highest BCUT2D eigenvalue weighted by atomic mass is 35.5. The Morgan fingerprint density at radius 2 is 2.15 bits per heavy atom. The molecule has 2 atom stereocenters. The minimum Gasteiger partial charge on any atom is -0.347 e. The summed E-state index contributed by atoms with van der Waals surface area (Å²) >= 11 is 7.35. The Balaban J connectivity index is 1.60. The van der Waals surface area contributed by atoms with Gasteiger partial charge in [-0.3, -0.25) is 4.79 Å². The van der Waals surface area contributed by atoms with Crippen molar-refractivity contribution in [3.63, 3.8) is 0 Å². The lowest BCUT2D eigenvalue weighted by atomic mass is 10.0. The van der Waals surface area contributed by atoms with E-state index in [2.05, 4.69) is 16.9 Å². The van der Waals surface area contributed by atoms with Crippen LogP contribution in [0.3, 0.4) is 0 Å². The second-order valence-electron chi connectivity index (χ2n) is 6.60. The summed E-state index contributed by atoms with van der Waals surface area (Å²) < 4.78 is 24.9. The van der Waals surface area contributed by atoms with E-state index in [1.165, 1.54) is 11.3 Å². The third kappa shape index (κ3) is 3.54. The molecule has 4 rings (SSSR count). The summed E-state index contributed by atoms with van der Waals surface area (Å²) in [5.41, 5.74) is 2.47. The number of hydrogen-bond donors (Lipinski definition) is 2. The van der Waals surface area contributed by atoms with E-state index in [0.717, 1.165) is 26.8 Å². The summed E-state index contributed by atoms with van der Waals surface area (Å²) in [5, 5.41) is 4.87. The second-order valence-corrected chi connectivity index (χ2v) is 10.3. The lowest BCUT2D eigenvalue weighted by molar-refractivity contribution is 0.0930. The number of carbonyl (C=O) groups is 1. The number of nitrogens with one attached hydrogen (secondary N) is 2. The van der Waals surface area contributed by atoms with Crippen LogP contribution in [0.1, 0.15) is 27.5 Å². The predicted octanol–water partition coefficient (Wildman–Crippen LogP) is 3.88. The molecule has 0 aliphatic heterocycles. The number of benzene rings is 1. The molecule has 2 heterocycles. The van der Waals surface area contributed by atoms with Gasteiger partial charge in [0.05, 0.1) is 10.1 Å². The van der Waals surface area contributed by atoms with Crippen LogP contribution in [0.4, 0.5) is 0 Å². The van der Waals surface area contributed by atoms with Gasteiger partial charge in [0, 0.05) is 22.8 Å². The molecule has 2 N–H and O–H groups in total. The Hall–Kier alpha value is -2.09. The summed E-state index contributed by atoms with van der Waals surface area (Å²) in [7, 11) is -3.40. The number of thiophene rings is 1. The first-order valence-electron chi connectivity index (χ1n) is 8.38. The molecule has 0 bridgehead atoms. The third-order valence-electron chi connectivity index (χ3n) is 4.89. The fourth-order valence-corrected chi connectivity index (χ4v) is 5.79. The average molecular weight is 421 g/mol. The highest BCUT2D eigenvalue weighted by Crippen LogP contribution is 2.35. The van der Waals surface area contributed by atoms with Crippen LogP contribution < -0.4 is 5.32 Å². The normalized spacial score (nSPS) is 19.1. The number of rotatable bonds is 5. The Morgan fingerprint density at radius 1 is 1.37 bits per heavy atom. The summed E-state index contributed by atoms with van der Waals surface area (Å²) in [6.07, 6.45) is 0.597. The topological polar surface area (TPSA) is 79.0 Å². The maximum atomic E-state index is 12.7. The van der Waals surface area contributed by atoms with E-state index in [0.29, 0.717) is 16.5 Å². The van der Waals surface area contributed by atoms with Crippen LogP contribution in [-0.2, 0) is 16.3 Å². The van der Waals surface area contributed by atoms with Gasteiger partial charge in [-0.05, 0) is 29.7 Å². The van der Waals surface area contributed by atoms with Crippen molar-refractivity contribution < 1.29 is 13.2 Å². The maximum absolute atomic E-state index is 12.7. The van der Waals surface area contributed by atoms with E-state index in [1.807, 2.05) is 24.3 Å². The standard InChI is InChI=1S/C19H17ClN2O3S2/c1-2-27(24,25)10-14-13-6-4-3-5-11(13)7-15(14)21-18(23)16-8-12-9-17(20)26-19(12)22-16/h2-6,8-9,14-15,22H,1,7,10H2,(H,21,23)/t14-,15+/m0/s1. The van der Waals surface area contributed by atoms with Gasteiger partial charge in [0.2, 0.25) is 0 Å². The van der Waals surface area contributed by atoms with Crippen molar-refractivity contribution in [2.75, 3.05) is 5.75 Å². The maximum Gasteiger partial charge on any atom is 0.268 e. The molecule has 0 radical (unpaired) electrons. The lowest BCUT2D eigenvalue weighted by Crippen LogP contribution is -2.39. The summed E-state index contributed by atoms with van der Waals surface area (Å²) in [6.45, 7) is 3.40. The Bertz CT molecular complexity index is 1120. The molecule has 8 heteroatoms. The number of hydrogen-bond acceptors (Lipinski definition) is 4. The van der Waals surface area contributed by atoms with Crippen LogP contribution in [-0.4, -0.2) is 31.1 Å². The van der Waals surface area contributed by atoms with Gasteiger partial charge in [0.1, 0.15) is 10.5 Å². The summed E-state index contributed by atoms with van der Waals surface area (Å²) in [5.74, 6) is -0.638. The van der Waals surface area contributed by atoms with E-state index in [-0.39, 0.29) is 23.6 Å². The highest BCUT2D eigenvalue weighted by molar-refractivity contribution is 7.94. The first-order chi connectivity index (χ1) is 12.9. The van der Waals surface area contributed by atoms with E-state index >= 15 is 0 Å². The molecule has 140 valence electrons. The van der Waals surface area contributed by atoms with Gasteiger partial charge >= 0.3 is 0 Å². The molecule has 0 saturated carbocycles. The van der Waals surface area contributed by atoms with Crippen molar-refractivity contribution >= 4 is 48.9 Å². The molecule has 0 spiro atoms. The van der Waals surface area contributed by atoms with Gasteiger partial charge in [-0.15, -0.1) is 11.3 Å². The van der Waals surface area contributed by atoms with Crippen molar-refractivity contribution in [1.29, 1.82) is 0 Å². The second kappa shape index (κ2) is 6.82. The van der Waals surface area contributed by atoms with Gasteiger partial charge in [-0.25, -0.2) is 8.42 Å². The van der Waals surface area contributed by atoms with E-state index in [1.54, 1.807) is 12.1 Å². The monoisotopic (exact) mass is 420 g/mol. The minimum atomic E-state index is -3.40. The molecule has 0 saturated heterocycles. The van der Waals surface area contributed by atoms with E-state index in [9.17, 15) is 13.2 Å². The number of halogens is 1. The molecule has 1 amide bonds. The van der Waals surface area contributed by atoms with Crippen LogP contribution in [0, 0.1) is 0 Å². The number of H-pyrrole nitrogens is 1. The zero-order valence-electron chi connectivity index (χ0n) is 14.2. The minimum absolute atomic E-state index is 0.0755. The van der Waals surface area contributed by atoms with Gasteiger partial charge in [0.15, 0.2) is 9.84 Å². The molecular formula is C19H17ClN2O3S2. The Kier molecular flexibility index (Phi) is 4.61. The largest absolute Gasteiger partial charge is 0.347 e. The van der Waals surface area contributed by atoms with Crippen LogP contribution in [0.5, 0.6) is 0 Å². The molecule has 0 unspecified atom stereocenters. The number of aromatic amines is 1. The van der Waals surface area contributed by atoms with Gasteiger partial charge in [-0.2, -0.15) is 0 Å². The number of aromatic nitrogens is 1. The molecule has 1 aliphatic rings. The number of amides is 1. The third-order valence-corrected chi connectivity index (χ3v) is 7.41. The quantitative estimate of drug-likeness (QED) is 0.657. The Morgan fingerprint density at radius 3 is 2.89 bits per heavy atom. The van der Waals surface area contributed by atoms with E-state index < -0.39 is 9.84 Å². The molecule has 3 aromatic rings. The van der Waals surface area contributed by atoms with Gasteiger partial charge in [0.25, 0.3) is 5.91 Å². The zero-order valence-corrected chi connectivity index (χ0v) is 16.6. The molecule has 27 heavy (non-hydrogen) atoms. The zero-order chi connectivity index (χ0) is 19.2. The summed E-state index contributed by atoms with van der Waals surface area (Å²) in [6, 6.07) is 11.0. The molecule has 5 nitrogen and oxygen atoms in total. The number of carbonyl (C=O) groups excluding carboxylic acids is 1. The summed E-state index contributed by atoms with van der Waals surface area (Å²) in [4.78, 5) is 16.7. The van der Waals surface area contributed by atoms with E-state index in [4.69, 9.17) is 11.6 Å². The Labute approximate surface area is 166 Å². The first kappa shape index (κ1) is 18.3. The van der Waals surface area contributed by atoms with Crippen LogP contribution in [0.15, 0.2) is 48.4 Å². The van der Waals surface area contributed by atoms with Crippen molar-refractivity contribution in [2.45, 2.75) is 18.4 Å². The van der Waals surface area contributed by atoms with Crippen LogP contribution in [0.2, 0.25) is 4.34 Å². The fourth-order valence-electron chi connectivity index (χ4n) is 3.61. The van der Waals surface area contributed by atoms with Crippen molar-refractivity contribution in [3.05, 3.63) is 69.5 Å². The van der Waals surface area contributed by atoms with Crippen molar-refractivity contribution in [3.8, 4) is 0 Å². The smallest absolute Gasteiger partial charge is 0.268 e. The first-order valence-corrected chi connectivity index (χ1v) is 11.3. The SMILES string of the molecule is C=CS(=O)(=O)C[C@H]1c2ccccc2C[C@H]1NC(=O)c1cc2cc(Cl)sc2[nH]1. The van der Waals surface area contributed by atoms with Crippen LogP contribution >= 0.6 is 22.9 Å². The lowest BCUT2D eigenvalue weighted by Gasteiger charge is -2.21. The van der Waals surface area contributed by atoms with Gasteiger partial charge < -0.3 is 10.3 Å². The molecule has 1 aromatic carbocycles. The van der Waals surface area contributed by atoms with Gasteiger partial charge in [-0.1, -0.05) is 42.4 Å². The van der Waals surface area contributed by atoms with Crippen LogP contribution in [0.25, 0.3) is 10.2 Å². The fraction of sp³-hybridized carbons (Fsp3) is 0.211. The van der Waals surface area contributed by atoms with Crippen molar-refractivity contribution in [1.82, 2.24) is 10.3 Å². The van der Waals surface area contributed by atoms with Crippen molar-refractivity contribution in [2.24, 2.45) is 0 Å². The number of sulfone groups is 1. The molecule has 1 aliphatic carbocycles. The molecule has 2 aromatic heterocycles. The molecule has 0 fully saturated rings. The predicted molar refractivity (Wildman–Crippen MR) is 109 cm³/mol. The average Bonchev–Trinajstić information content (AvgIpc) is 3.26. The number of fused-ring (bicyclic) bond motifs is 2. The molecular weight excluding hydrogens is 404 g/mol.